The highest BCUT2D eigenvalue weighted by Gasteiger charge is 2.13. The lowest BCUT2D eigenvalue weighted by atomic mass is 10.1. The molecular formula is C16H18Br2N2O. The summed E-state index contributed by atoms with van der Waals surface area (Å²) in [4.78, 5) is 0. The first-order chi connectivity index (χ1) is 10.0. The predicted molar refractivity (Wildman–Crippen MR) is 95.0 cm³/mol. The number of hydrogen-bond acceptors (Lipinski definition) is 3. The number of methoxy groups -OCH3 is 1. The van der Waals surface area contributed by atoms with Gasteiger partial charge in [-0.1, -0.05) is 12.1 Å². The second-order valence-corrected chi connectivity index (χ2v) is 6.52. The van der Waals surface area contributed by atoms with E-state index in [0.29, 0.717) is 6.54 Å². The van der Waals surface area contributed by atoms with E-state index in [1.54, 1.807) is 7.11 Å². The van der Waals surface area contributed by atoms with E-state index in [1.807, 2.05) is 24.3 Å². The number of rotatable bonds is 5. The van der Waals surface area contributed by atoms with Crippen LogP contribution in [0.25, 0.3) is 0 Å². The van der Waals surface area contributed by atoms with Gasteiger partial charge in [0.15, 0.2) is 0 Å². The summed E-state index contributed by atoms with van der Waals surface area (Å²) in [5, 5.41) is 3.49. The van der Waals surface area contributed by atoms with Gasteiger partial charge in [-0.05, 0) is 74.2 Å². The molecule has 3 nitrogen and oxygen atoms in total. The van der Waals surface area contributed by atoms with Crippen molar-refractivity contribution in [3.05, 3.63) is 56.5 Å². The van der Waals surface area contributed by atoms with Crippen LogP contribution in [0.2, 0.25) is 0 Å². The van der Waals surface area contributed by atoms with Crippen LogP contribution in [0, 0.1) is 6.92 Å². The number of benzene rings is 2. The van der Waals surface area contributed by atoms with Crippen LogP contribution in [0.4, 0.5) is 5.69 Å². The van der Waals surface area contributed by atoms with E-state index in [2.05, 4.69) is 56.2 Å². The van der Waals surface area contributed by atoms with Crippen molar-refractivity contribution in [2.24, 2.45) is 5.73 Å². The molecule has 0 saturated carbocycles. The maximum absolute atomic E-state index is 5.94. The highest BCUT2D eigenvalue weighted by Crippen LogP contribution is 2.31. The van der Waals surface area contributed by atoms with E-state index in [9.17, 15) is 0 Å². The summed E-state index contributed by atoms with van der Waals surface area (Å²) in [5.74, 6) is 0.811. The van der Waals surface area contributed by atoms with E-state index >= 15 is 0 Å². The third-order valence-electron chi connectivity index (χ3n) is 3.27. The molecular weight excluding hydrogens is 396 g/mol. The number of aryl methyl sites for hydroxylation is 1. The van der Waals surface area contributed by atoms with Crippen LogP contribution in [0.5, 0.6) is 5.75 Å². The maximum atomic E-state index is 5.94. The fourth-order valence-electron chi connectivity index (χ4n) is 2.12. The highest BCUT2D eigenvalue weighted by atomic mass is 79.9. The van der Waals surface area contributed by atoms with Crippen molar-refractivity contribution in [1.82, 2.24) is 0 Å². The molecule has 0 heterocycles. The molecule has 0 spiro atoms. The van der Waals surface area contributed by atoms with E-state index in [4.69, 9.17) is 10.5 Å². The molecule has 2 aromatic rings. The van der Waals surface area contributed by atoms with Crippen molar-refractivity contribution >= 4 is 37.5 Å². The molecule has 0 amide bonds. The van der Waals surface area contributed by atoms with Gasteiger partial charge in [0.05, 0.1) is 17.6 Å². The first-order valence-corrected chi connectivity index (χ1v) is 8.20. The monoisotopic (exact) mass is 412 g/mol. The fraction of sp³-hybridized carbons (Fsp3) is 0.250. The van der Waals surface area contributed by atoms with E-state index in [0.717, 1.165) is 25.9 Å². The molecule has 3 N–H and O–H groups in total. The number of nitrogens with two attached hydrogens (primary N) is 1. The predicted octanol–water partition coefficient (Wildman–Crippen LogP) is 4.64. The second-order valence-electron chi connectivity index (χ2n) is 4.81. The van der Waals surface area contributed by atoms with Crippen LogP contribution >= 0.6 is 31.9 Å². The molecule has 112 valence electrons. The van der Waals surface area contributed by atoms with Crippen molar-refractivity contribution in [3.63, 3.8) is 0 Å². The van der Waals surface area contributed by atoms with Crippen LogP contribution in [0.3, 0.4) is 0 Å². The Hall–Kier alpha value is -1.04. The molecule has 1 atom stereocenters. The van der Waals surface area contributed by atoms with Crippen molar-refractivity contribution in [2.75, 3.05) is 19.0 Å². The Morgan fingerprint density at radius 2 is 1.90 bits per heavy atom. The number of nitrogens with one attached hydrogen (secondary N) is 1. The zero-order valence-corrected chi connectivity index (χ0v) is 15.2. The highest BCUT2D eigenvalue weighted by molar-refractivity contribution is 9.11. The largest absolute Gasteiger partial charge is 0.496 e. The second kappa shape index (κ2) is 7.29. The third kappa shape index (κ3) is 3.99. The van der Waals surface area contributed by atoms with Crippen molar-refractivity contribution in [3.8, 4) is 5.75 Å². The Morgan fingerprint density at radius 3 is 2.52 bits per heavy atom. The molecule has 0 aliphatic carbocycles. The van der Waals surface area contributed by atoms with Crippen LogP contribution in [0.1, 0.15) is 17.2 Å². The molecule has 5 heteroatoms. The van der Waals surface area contributed by atoms with Gasteiger partial charge < -0.3 is 15.8 Å². The Balaban J connectivity index is 2.27. The topological polar surface area (TPSA) is 47.3 Å². The summed E-state index contributed by atoms with van der Waals surface area (Å²) >= 11 is 7.08. The van der Waals surface area contributed by atoms with Gasteiger partial charge in [-0.25, -0.2) is 0 Å². The van der Waals surface area contributed by atoms with Gasteiger partial charge in [-0.3, -0.25) is 0 Å². The first kappa shape index (κ1) is 16.3. The number of hydrogen-bond donors (Lipinski definition) is 2. The Bertz CT molecular complexity index is 632. The van der Waals surface area contributed by atoms with Crippen molar-refractivity contribution in [1.29, 1.82) is 0 Å². The summed E-state index contributed by atoms with van der Waals surface area (Å²) in [7, 11) is 1.66. The number of ether oxygens (including phenoxy) is 1. The molecule has 0 aromatic heterocycles. The lowest BCUT2D eigenvalue weighted by Gasteiger charge is -2.20. The number of anilines is 1. The zero-order valence-electron chi connectivity index (χ0n) is 12.0. The average Bonchev–Trinajstić information content (AvgIpc) is 2.48. The van der Waals surface area contributed by atoms with Gasteiger partial charge in [-0.2, -0.15) is 0 Å². The summed E-state index contributed by atoms with van der Waals surface area (Å²) in [6.45, 7) is 2.57. The lowest BCUT2D eigenvalue weighted by molar-refractivity contribution is 0.412. The molecule has 21 heavy (non-hydrogen) atoms. The van der Waals surface area contributed by atoms with Gasteiger partial charge in [0.25, 0.3) is 0 Å². The zero-order chi connectivity index (χ0) is 15.4. The van der Waals surface area contributed by atoms with Crippen LogP contribution in [0.15, 0.2) is 45.3 Å². The molecule has 2 rings (SSSR count). The maximum Gasteiger partial charge on any atom is 0.133 e. The number of halogens is 2. The SMILES string of the molecule is COc1ccc(C(CN)Nc2cc(C)ccc2Br)cc1Br. The van der Waals surface area contributed by atoms with Crippen molar-refractivity contribution < 1.29 is 4.74 Å². The summed E-state index contributed by atoms with van der Waals surface area (Å²) in [5.41, 5.74) is 9.29. The minimum absolute atomic E-state index is 0.0327. The van der Waals surface area contributed by atoms with E-state index in [-0.39, 0.29) is 6.04 Å². The summed E-state index contributed by atoms with van der Waals surface area (Å²) in [6, 6.07) is 12.2. The summed E-state index contributed by atoms with van der Waals surface area (Å²) < 4.78 is 7.21. The Labute approximate surface area is 142 Å². The average molecular weight is 414 g/mol. The molecule has 0 aliphatic heterocycles. The lowest BCUT2D eigenvalue weighted by Crippen LogP contribution is -2.20. The minimum Gasteiger partial charge on any atom is -0.496 e. The Kier molecular flexibility index (Phi) is 5.67. The van der Waals surface area contributed by atoms with Crippen LogP contribution in [-0.4, -0.2) is 13.7 Å². The van der Waals surface area contributed by atoms with Crippen LogP contribution in [-0.2, 0) is 0 Å². The molecule has 1 unspecified atom stereocenters. The molecule has 0 bridgehead atoms. The first-order valence-electron chi connectivity index (χ1n) is 6.61. The Morgan fingerprint density at radius 1 is 1.14 bits per heavy atom. The smallest absolute Gasteiger partial charge is 0.133 e. The van der Waals surface area contributed by atoms with Gasteiger partial charge >= 0.3 is 0 Å². The minimum atomic E-state index is 0.0327. The fourth-order valence-corrected chi connectivity index (χ4v) is 3.03. The quantitative estimate of drug-likeness (QED) is 0.750. The van der Waals surface area contributed by atoms with Gasteiger partial charge in [0.2, 0.25) is 0 Å². The van der Waals surface area contributed by atoms with Gasteiger partial charge in [0.1, 0.15) is 5.75 Å². The normalized spacial score (nSPS) is 12.0. The van der Waals surface area contributed by atoms with E-state index in [1.165, 1.54) is 5.56 Å². The standard InChI is InChI=1S/C16H18Br2N2O/c1-10-3-5-12(17)14(7-10)20-15(9-19)11-4-6-16(21-2)13(18)8-11/h3-8,15,20H,9,19H2,1-2H3. The van der Waals surface area contributed by atoms with Gasteiger partial charge in [-0.15, -0.1) is 0 Å². The molecule has 2 aromatic carbocycles. The van der Waals surface area contributed by atoms with E-state index < -0.39 is 0 Å². The molecule has 0 aliphatic rings. The molecule has 0 saturated heterocycles. The summed E-state index contributed by atoms with van der Waals surface area (Å²) in [6.07, 6.45) is 0. The van der Waals surface area contributed by atoms with Crippen LogP contribution < -0.4 is 15.8 Å². The molecule has 0 fully saturated rings. The third-order valence-corrected chi connectivity index (χ3v) is 4.58. The van der Waals surface area contributed by atoms with Crippen molar-refractivity contribution in [2.45, 2.75) is 13.0 Å². The van der Waals surface area contributed by atoms with Gasteiger partial charge in [0, 0.05) is 16.7 Å². The molecule has 0 radical (unpaired) electrons.